The fourth-order valence-corrected chi connectivity index (χ4v) is 2.47. The van der Waals surface area contributed by atoms with Crippen LogP contribution in [-0.2, 0) is 9.59 Å². The highest BCUT2D eigenvalue weighted by molar-refractivity contribution is 6.05. The predicted octanol–water partition coefficient (Wildman–Crippen LogP) is 1.72. The summed E-state index contributed by atoms with van der Waals surface area (Å²) in [6.07, 6.45) is -7.20. The number of aliphatic hydroxyl groups is 1. The minimum atomic E-state index is -4.84. The molecule has 4 nitrogen and oxygen atoms in total. The molecule has 0 aromatic carbocycles. The van der Waals surface area contributed by atoms with Crippen molar-refractivity contribution in [3.63, 3.8) is 0 Å². The molecule has 1 N–H and O–H groups in total. The summed E-state index contributed by atoms with van der Waals surface area (Å²) in [4.78, 5) is 24.3. The van der Waals surface area contributed by atoms with Gasteiger partial charge in [-0.1, -0.05) is 20.8 Å². The number of hydrogen-bond donors (Lipinski definition) is 1. The maximum atomic E-state index is 12.3. The molecule has 1 aliphatic rings. The number of aliphatic hydroxyl groups excluding tert-OH is 1. The van der Waals surface area contributed by atoms with Gasteiger partial charge in [0.1, 0.15) is 0 Å². The zero-order valence-corrected chi connectivity index (χ0v) is 11.1. The molecule has 0 aromatic heterocycles. The summed E-state index contributed by atoms with van der Waals surface area (Å²) in [5.74, 6) is -1.14. The van der Waals surface area contributed by atoms with Crippen molar-refractivity contribution in [2.24, 2.45) is 11.3 Å². The molecule has 7 heteroatoms. The van der Waals surface area contributed by atoms with E-state index in [1.807, 2.05) is 13.8 Å². The molecule has 0 aromatic rings. The number of nitrogens with zero attached hydrogens (tertiary/aromatic N) is 1. The van der Waals surface area contributed by atoms with Crippen molar-refractivity contribution in [3.05, 3.63) is 0 Å². The van der Waals surface area contributed by atoms with Crippen LogP contribution in [0.5, 0.6) is 0 Å². The number of rotatable bonds is 4. The molecule has 2 amide bonds. The van der Waals surface area contributed by atoms with E-state index in [4.69, 9.17) is 5.11 Å². The second-order valence-corrected chi connectivity index (χ2v) is 5.70. The standard InChI is InChI=1S/C12H18F3NO3/c1-7(2)4-11(3)5-9(18)16(10(11)19)6-8(17)12(13,14)15/h7-8,17H,4-6H2,1-3H3. The van der Waals surface area contributed by atoms with Crippen LogP contribution in [0.1, 0.15) is 33.6 Å². The van der Waals surface area contributed by atoms with E-state index < -0.39 is 36.1 Å². The SMILES string of the molecule is CC(C)CC1(C)CC(=O)N(CC(O)C(F)(F)F)C1=O. The van der Waals surface area contributed by atoms with Gasteiger partial charge >= 0.3 is 6.18 Å². The third-order valence-electron chi connectivity index (χ3n) is 3.20. The van der Waals surface area contributed by atoms with Gasteiger partial charge in [0.05, 0.1) is 12.0 Å². The fourth-order valence-electron chi connectivity index (χ4n) is 2.47. The predicted molar refractivity (Wildman–Crippen MR) is 61.0 cm³/mol. The minimum Gasteiger partial charge on any atom is -0.382 e. The van der Waals surface area contributed by atoms with Crippen LogP contribution in [0, 0.1) is 11.3 Å². The van der Waals surface area contributed by atoms with Crippen LogP contribution < -0.4 is 0 Å². The van der Waals surface area contributed by atoms with Crippen LogP contribution in [0.2, 0.25) is 0 Å². The molecule has 1 fully saturated rings. The number of likely N-dealkylation sites (tertiary alicyclic amines) is 1. The Kier molecular flexibility index (Phi) is 4.29. The maximum Gasteiger partial charge on any atom is 0.416 e. The van der Waals surface area contributed by atoms with Gasteiger partial charge in [-0.15, -0.1) is 0 Å². The number of alkyl halides is 3. The zero-order valence-electron chi connectivity index (χ0n) is 11.1. The Hall–Kier alpha value is -1.11. The molecule has 0 aliphatic carbocycles. The normalized spacial score (nSPS) is 26.4. The molecular formula is C12H18F3NO3. The second kappa shape index (κ2) is 5.11. The lowest BCUT2D eigenvalue weighted by Crippen LogP contribution is -2.44. The van der Waals surface area contributed by atoms with Crippen molar-refractivity contribution >= 4 is 11.8 Å². The largest absolute Gasteiger partial charge is 0.416 e. The van der Waals surface area contributed by atoms with Crippen molar-refractivity contribution in [1.29, 1.82) is 0 Å². The van der Waals surface area contributed by atoms with Crippen molar-refractivity contribution < 1.29 is 27.9 Å². The fraction of sp³-hybridized carbons (Fsp3) is 0.833. The minimum absolute atomic E-state index is 0.103. The topological polar surface area (TPSA) is 57.6 Å². The summed E-state index contributed by atoms with van der Waals surface area (Å²) in [6.45, 7) is 4.30. The average molecular weight is 281 g/mol. The molecule has 2 atom stereocenters. The highest BCUT2D eigenvalue weighted by Gasteiger charge is 2.51. The quantitative estimate of drug-likeness (QED) is 0.798. The molecule has 0 radical (unpaired) electrons. The Morgan fingerprint density at radius 2 is 1.89 bits per heavy atom. The molecule has 2 unspecified atom stereocenters. The van der Waals surface area contributed by atoms with E-state index in [2.05, 4.69) is 0 Å². The zero-order chi connectivity index (χ0) is 15.0. The van der Waals surface area contributed by atoms with Gasteiger partial charge < -0.3 is 5.11 Å². The molecular weight excluding hydrogens is 263 g/mol. The molecule has 1 rings (SSSR count). The van der Waals surface area contributed by atoms with Gasteiger partial charge in [0.15, 0.2) is 6.10 Å². The lowest BCUT2D eigenvalue weighted by atomic mass is 9.80. The Balaban J connectivity index is 2.83. The summed E-state index contributed by atoms with van der Waals surface area (Å²) in [7, 11) is 0. The van der Waals surface area contributed by atoms with Crippen LogP contribution in [0.25, 0.3) is 0 Å². The molecule has 1 aliphatic heterocycles. The van der Waals surface area contributed by atoms with Gasteiger partial charge in [-0.25, -0.2) is 0 Å². The first-order chi connectivity index (χ1) is 8.47. The Morgan fingerprint density at radius 3 is 2.32 bits per heavy atom. The Morgan fingerprint density at radius 1 is 1.37 bits per heavy atom. The van der Waals surface area contributed by atoms with Crippen molar-refractivity contribution in [1.82, 2.24) is 4.90 Å². The van der Waals surface area contributed by atoms with Crippen molar-refractivity contribution in [3.8, 4) is 0 Å². The molecule has 1 saturated heterocycles. The average Bonchev–Trinajstić information content (AvgIpc) is 2.39. The van der Waals surface area contributed by atoms with Crippen LogP contribution in [0.15, 0.2) is 0 Å². The third-order valence-corrected chi connectivity index (χ3v) is 3.20. The first kappa shape index (κ1) is 15.9. The first-order valence-corrected chi connectivity index (χ1v) is 6.07. The summed E-state index contributed by atoms with van der Waals surface area (Å²) in [5, 5.41) is 8.96. The van der Waals surface area contributed by atoms with Gasteiger partial charge in [-0.3, -0.25) is 14.5 Å². The van der Waals surface area contributed by atoms with E-state index in [0.29, 0.717) is 11.3 Å². The first-order valence-electron chi connectivity index (χ1n) is 6.07. The van der Waals surface area contributed by atoms with E-state index in [9.17, 15) is 22.8 Å². The summed E-state index contributed by atoms with van der Waals surface area (Å²) in [6, 6.07) is 0. The van der Waals surface area contributed by atoms with Crippen LogP contribution in [0.4, 0.5) is 13.2 Å². The molecule has 0 bridgehead atoms. The van der Waals surface area contributed by atoms with Gasteiger partial charge in [-0.05, 0) is 12.3 Å². The van der Waals surface area contributed by atoms with Crippen molar-refractivity contribution in [2.75, 3.05) is 6.54 Å². The van der Waals surface area contributed by atoms with Gasteiger partial charge in [0.2, 0.25) is 11.8 Å². The number of carbonyl (C=O) groups excluding carboxylic acids is 2. The number of hydrogen-bond acceptors (Lipinski definition) is 3. The molecule has 110 valence electrons. The summed E-state index contributed by atoms with van der Waals surface area (Å²) >= 11 is 0. The van der Waals surface area contributed by atoms with E-state index in [1.165, 1.54) is 0 Å². The maximum absolute atomic E-state index is 12.3. The lowest BCUT2D eigenvalue weighted by Gasteiger charge is -2.25. The van der Waals surface area contributed by atoms with Gasteiger partial charge in [0.25, 0.3) is 0 Å². The third kappa shape index (κ3) is 3.46. The number of halogens is 3. The van der Waals surface area contributed by atoms with E-state index in [0.717, 1.165) is 0 Å². The van der Waals surface area contributed by atoms with E-state index in [1.54, 1.807) is 6.92 Å². The summed E-state index contributed by atoms with van der Waals surface area (Å²) in [5.41, 5.74) is -0.962. The molecule has 0 saturated carbocycles. The van der Waals surface area contributed by atoms with Gasteiger partial charge in [0, 0.05) is 6.42 Å². The second-order valence-electron chi connectivity index (χ2n) is 5.70. The Bertz CT molecular complexity index is 381. The van der Waals surface area contributed by atoms with E-state index in [-0.39, 0.29) is 12.3 Å². The molecule has 1 heterocycles. The molecule has 19 heavy (non-hydrogen) atoms. The lowest BCUT2D eigenvalue weighted by molar-refractivity contribution is -0.208. The monoisotopic (exact) mass is 281 g/mol. The number of carbonyl (C=O) groups is 2. The summed E-state index contributed by atoms with van der Waals surface area (Å²) < 4.78 is 36.8. The Labute approximate surface area is 109 Å². The molecule has 0 spiro atoms. The number of β-amino-alcohol motifs (C(OH)–C–C–N with tert-alkyl or cyclic N) is 1. The van der Waals surface area contributed by atoms with Gasteiger partial charge in [-0.2, -0.15) is 13.2 Å². The van der Waals surface area contributed by atoms with Crippen LogP contribution in [-0.4, -0.2) is 40.6 Å². The number of imide groups is 1. The highest BCUT2D eigenvalue weighted by atomic mass is 19.4. The van der Waals surface area contributed by atoms with E-state index >= 15 is 0 Å². The highest BCUT2D eigenvalue weighted by Crippen LogP contribution is 2.38. The van der Waals surface area contributed by atoms with Crippen molar-refractivity contribution in [2.45, 2.75) is 45.9 Å². The number of amides is 2. The van der Waals surface area contributed by atoms with Crippen LogP contribution in [0.3, 0.4) is 0 Å². The smallest absolute Gasteiger partial charge is 0.382 e. The van der Waals surface area contributed by atoms with Crippen LogP contribution >= 0.6 is 0 Å².